The number of alkyl halides is 3. The molecule has 0 bridgehead atoms. The number of ether oxygens (including phenoxy) is 2. The van der Waals surface area contributed by atoms with Crippen molar-refractivity contribution in [2.75, 3.05) is 19.4 Å². The van der Waals surface area contributed by atoms with Crippen LogP contribution in [0.3, 0.4) is 0 Å². The Morgan fingerprint density at radius 2 is 1.93 bits per heavy atom. The third-order valence-electron chi connectivity index (χ3n) is 7.57. The molecule has 1 aliphatic heterocycles. The minimum Gasteiger partial charge on any atom is -0.497 e. The van der Waals surface area contributed by atoms with E-state index in [2.05, 4.69) is 15.3 Å². The number of nitrogen functional groups attached to an aromatic ring is 1. The van der Waals surface area contributed by atoms with Gasteiger partial charge in [0.05, 0.1) is 12.8 Å². The lowest BCUT2D eigenvalue weighted by atomic mass is 9.73. The van der Waals surface area contributed by atoms with Gasteiger partial charge in [0.2, 0.25) is 17.9 Å². The summed E-state index contributed by atoms with van der Waals surface area (Å²) in [6.07, 6.45) is -2.57. The lowest BCUT2D eigenvalue weighted by molar-refractivity contribution is -0.198. The van der Waals surface area contributed by atoms with Crippen molar-refractivity contribution in [2.24, 2.45) is 5.41 Å². The lowest BCUT2D eigenvalue weighted by Gasteiger charge is -2.31. The maximum Gasteiger partial charge on any atom is 0.429 e. The molecule has 0 amide bonds. The van der Waals surface area contributed by atoms with Crippen LogP contribution in [0.15, 0.2) is 60.7 Å². The van der Waals surface area contributed by atoms with Crippen molar-refractivity contribution < 1.29 is 32.5 Å². The average Bonchev–Trinajstić information content (AvgIpc) is 3.35. The molecule has 1 spiro atoms. The number of benzene rings is 2. The van der Waals surface area contributed by atoms with Gasteiger partial charge in [-0.15, -0.1) is 0 Å². The van der Waals surface area contributed by atoms with E-state index < -0.39 is 24.3 Å². The number of carboxylic acid groups (broad SMARTS) is 1. The first kappa shape index (κ1) is 27.4. The third-order valence-corrected chi connectivity index (χ3v) is 7.57. The first-order valence-electron chi connectivity index (χ1n) is 12.8. The Labute approximate surface area is 229 Å². The minimum atomic E-state index is -4.72. The predicted octanol–water partition coefficient (Wildman–Crippen LogP) is 5.42. The molecule has 210 valence electrons. The summed E-state index contributed by atoms with van der Waals surface area (Å²) in [5.41, 5.74) is 8.36. The smallest absolute Gasteiger partial charge is 0.429 e. The van der Waals surface area contributed by atoms with E-state index in [4.69, 9.17) is 15.2 Å². The number of rotatable bonds is 7. The van der Waals surface area contributed by atoms with Crippen molar-refractivity contribution in [1.29, 1.82) is 0 Å². The second-order valence-corrected chi connectivity index (χ2v) is 10.3. The number of anilines is 1. The summed E-state index contributed by atoms with van der Waals surface area (Å²) in [5.74, 6) is -0.707. The van der Waals surface area contributed by atoms with Crippen LogP contribution in [-0.2, 0) is 4.79 Å². The van der Waals surface area contributed by atoms with Crippen LogP contribution in [0, 0.1) is 5.41 Å². The monoisotopic (exact) mass is 554 g/mol. The molecule has 3 atom stereocenters. The topological polar surface area (TPSA) is 120 Å². The summed E-state index contributed by atoms with van der Waals surface area (Å²) >= 11 is 0. The zero-order chi connectivity index (χ0) is 28.5. The number of allylic oxidation sites excluding steroid dienone is 2. The number of nitrogens with zero attached hydrogens (tertiary/aromatic N) is 2. The molecule has 2 aliphatic rings. The summed E-state index contributed by atoms with van der Waals surface area (Å²) in [6, 6.07) is 14.0. The number of nitrogens with two attached hydrogens (primary N) is 1. The van der Waals surface area contributed by atoms with E-state index >= 15 is 0 Å². The van der Waals surface area contributed by atoms with Crippen molar-refractivity contribution in [1.82, 2.24) is 15.3 Å². The van der Waals surface area contributed by atoms with E-state index in [1.165, 1.54) is 18.2 Å². The molecule has 3 aromatic rings. The van der Waals surface area contributed by atoms with Gasteiger partial charge in [0.25, 0.3) is 0 Å². The Morgan fingerprint density at radius 1 is 1.15 bits per heavy atom. The second-order valence-electron chi connectivity index (χ2n) is 10.3. The largest absolute Gasteiger partial charge is 0.497 e. The van der Waals surface area contributed by atoms with Crippen LogP contribution in [-0.4, -0.2) is 46.9 Å². The van der Waals surface area contributed by atoms with Crippen LogP contribution in [0.5, 0.6) is 11.6 Å². The lowest BCUT2D eigenvalue weighted by Crippen LogP contribution is -2.30. The van der Waals surface area contributed by atoms with Crippen molar-refractivity contribution in [2.45, 2.75) is 44.0 Å². The molecule has 5 rings (SSSR count). The average molecular weight is 555 g/mol. The highest BCUT2D eigenvalue weighted by Gasteiger charge is 2.44. The first-order chi connectivity index (χ1) is 19.0. The third kappa shape index (κ3) is 5.89. The standard InChI is InChI=1S/C29H29F3N4O4/c1-39-21-4-2-3-20(13-21)17-5-7-19(8-6-17)25(29(30,31)32)40-24-14-22(35-27(33)36-24)18-9-11-28(12-10-18)15-23(26(37)38)34-16-28/h2-9,13-14,23,25,34H,10-12,15-16H2,1H3,(H,37,38)(H2,33,35,36). The number of aromatic nitrogens is 2. The predicted molar refractivity (Wildman–Crippen MR) is 143 cm³/mol. The quantitative estimate of drug-likeness (QED) is 0.354. The SMILES string of the molecule is COc1cccc(-c2ccc(C(Oc3cc(C4=CCC5(CC4)CNC(C(=O)O)C5)nc(N)n3)C(F)(F)F)cc2)c1. The van der Waals surface area contributed by atoms with Gasteiger partial charge in [-0.3, -0.25) is 4.79 Å². The molecular formula is C29H29F3N4O4. The summed E-state index contributed by atoms with van der Waals surface area (Å²) < 4.78 is 53.1. The van der Waals surface area contributed by atoms with Gasteiger partial charge >= 0.3 is 12.1 Å². The number of nitrogens with one attached hydrogen (secondary N) is 1. The molecule has 3 unspecified atom stereocenters. The number of carbonyl (C=O) groups is 1. The highest BCUT2D eigenvalue weighted by Crippen LogP contribution is 2.45. The Bertz CT molecular complexity index is 1430. The molecule has 8 nitrogen and oxygen atoms in total. The van der Waals surface area contributed by atoms with Crippen LogP contribution < -0.4 is 20.5 Å². The number of hydrogen-bond acceptors (Lipinski definition) is 7. The molecule has 2 heterocycles. The van der Waals surface area contributed by atoms with E-state index in [1.54, 1.807) is 37.4 Å². The molecule has 11 heteroatoms. The van der Waals surface area contributed by atoms with Crippen LogP contribution in [0.2, 0.25) is 0 Å². The number of aliphatic carboxylic acids is 1. The van der Waals surface area contributed by atoms with Crippen LogP contribution in [0.25, 0.3) is 16.7 Å². The van der Waals surface area contributed by atoms with Crippen LogP contribution >= 0.6 is 0 Å². The van der Waals surface area contributed by atoms with Gasteiger partial charge in [-0.25, -0.2) is 4.98 Å². The Balaban J connectivity index is 1.36. The van der Waals surface area contributed by atoms with Crippen LogP contribution in [0.4, 0.5) is 19.1 Å². The summed E-state index contributed by atoms with van der Waals surface area (Å²) in [6.45, 7) is 0.595. The maximum atomic E-state index is 14.2. The molecule has 0 saturated carbocycles. The summed E-state index contributed by atoms with van der Waals surface area (Å²) in [4.78, 5) is 19.5. The summed E-state index contributed by atoms with van der Waals surface area (Å²) in [5, 5.41) is 12.4. The fraction of sp³-hybridized carbons (Fsp3) is 0.345. The van der Waals surface area contributed by atoms with Gasteiger partial charge in [-0.05, 0) is 59.9 Å². The zero-order valence-electron chi connectivity index (χ0n) is 21.7. The molecule has 1 aromatic heterocycles. The van der Waals surface area contributed by atoms with E-state index in [9.17, 15) is 23.1 Å². The number of halogens is 3. The van der Waals surface area contributed by atoms with Gasteiger partial charge in [-0.2, -0.15) is 18.2 Å². The van der Waals surface area contributed by atoms with Crippen molar-refractivity contribution in [3.05, 3.63) is 71.9 Å². The first-order valence-corrected chi connectivity index (χ1v) is 12.8. The summed E-state index contributed by atoms with van der Waals surface area (Å²) in [7, 11) is 1.55. The maximum absolute atomic E-state index is 14.2. The molecule has 1 fully saturated rings. The van der Waals surface area contributed by atoms with E-state index in [1.807, 2.05) is 12.1 Å². The molecule has 40 heavy (non-hydrogen) atoms. The Morgan fingerprint density at radius 3 is 2.55 bits per heavy atom. The van der Waals surface area contributed by atoms with Gasteiger partial charge in [0.15, 0.2) is 0 Å². The highest BCUT2D eigenvalue weighted by molar-refractivity contribution is 5.74. The van der Waals surface area contributed by atoms with Gasteiger partial charge in [0, 0.05) is 18.2 Å². The van der Waals surface area contributed by atoms with E-state index in [-0.39, 0.29) is 22.8 Å². The van der Waals surface area contributed by atoms with Crippen molar-refractivity contribution in [3.8, 4) is 22.8 Å². The fourth-order valence-electron chi connectivity index (χ4n) is 5.38. The van der Waals surface area contributed by atoms with Gasteiger partial charge in [-0.1, -0.05) is 42.5 Å². The normalized spacial score (nSPS) is 21.6. The molecular weight excluding hydrogens is 525 g/mol. The number of hydrogen-bond donors (Lipinski definition) is 3. The molecule has 0 radical (unpaired) electrons. The molecule has 1 aliphatic carbocycles. The van der Waals surface area contributed by atoms with Crippen molar-refractivity contribution in [3.63, 3.8) is 0 Å². The minimum absolute atomic E-state index is 0.0848. The Kier molecular flexibility index (Phi) is 7.41. The molecule has 4 N–H and O–H groups in total. The number of carboxylic acids is 1. The number of methoxy groups -OCH3 is 1. The van der Waals surface area contributed by atoms with Crippen LogP contribution in [0.1, 0.15) is 43.0 Å². The van der Waals surface area contributed by atoms with Gasteiger partial charge < -0.3 is 25.6 Å². The highest BCUT2D eigenvalue weighted by atomic mass is 19.4. The van der Waals surface area contributed by atoms with E-state index in [0.29, 0.717) is 37.3 Å². The fourth-order valence-corrected chi connectivity index (χ4v) is 5.38. The van der Waals surface area contributed by atoms with Gasteiger partial charge in [0.1, 0.15) is 11.8 Å². The molecule has 1 saturated heterocycles. The molecule has 2 aromatic carbocycles. The zero-order valence-corrected chi connectivity index (χ0v) is 21.7. The Hall–Kier alpha value is -4.12. The van der Waals surface area contributed by atoms with Crippen molar-refractivity contribution >= 4 is 17.5 Å². The van der Waals surface area contributed by atoms with E-state index in [0.717, 1.165) is 23.1 Å². The second kappa shape index (κ2) is 10.8.